The molecule has 7 nitrogen and oxygen atoms in total. The molecule has 174 valence electrons. The molecule has 3 amide bonds. The fourth-order valence-electron chi connectivity index (χ4n) is 4.45. The molecule has 0 radical (unpaired) electrons. The number of hydrogen-bond donors (Lipinski definition) is 1. The van der Waals surface area contributed by atoms with E-state index >= 15 is 0 Å². The number of carbonyl (C=O) groups is 3. The normalized spacial score (nSPS) is 18.7. The van der Waals surface area contributed by atoms with Crippen molar-refractivity contribution in [1.29, 1.82) is 0 Å². The molecule has 1 N–H and O–H groups in total. The third-order valence-electron chi connectivity index (χ3n) is 6.63. The molecule has 1 rings (SSSR count). The van der Waals surface area contributed by atoms with Crippen LogP contribution in [0.3, 0.4) is 0 Å². The average molecular weight is 427 g/mol. The molecule has 1 saturated heterocycles. The second kappa shape index (κ2) is 10.6. The summed E-state index contributed by atoms with van der Waals surface area (Å²) in [4.78, 5) is 40.4. The Morgan fingerprint density at radius 3 is 1.97 bits per heavy atom. The fraction of sp³-hybridized carbons (Fsp3) is 0.870. The molecule has 1 heterocycles. The van der Waals surface area contributed by atoms with Crippen LogP contribution in [0.2, 0.25) is 0 Å². The quantitative estimate of drug-likeness (QED) is 0.437. The zero-order chi connectivity index (χ0) is 23.3. The minimum absolute atomic E-state index is 0.117. The number of carboxylic acid groups (broad SMARTS) is 1. The molecule has 1 aliphatic rings. The Bertz CT molecular complexity index is 617. The highest BCUT2D eigenvalue weighted by molar-refractivity contribution is 6.02. The van der Waals surface area contributed by atoms with Crippen LogP contribution < -0.4 is 0 Å². The second-order valence-corrected chi connectivity index (χ2v) is 9.52. The zero-order valence-corrected chi connectivity index (χ0v) is 20.2. The lowest BCUT2D eigenvalue weighted by Gasteiger charge is -2.46. The van der Waals surface area contributed by atoms with Crippen molar-refractivity contribution in [1.82, 2.24) is 9.80 Å². The van der Waals surface area contributed by atoms with Gasteiger partial charge in [-0.2, -0.15) is 0 Å². The Hall–Kier alpha value is -1.63. The summed E-state index contributed by atoms with van der Waals surface area (Å²) in [5.41, 5.74) is -1.56. The van der Waals surface area contributed by atoms with Gasteiger partial charge in [0.25, 0.3) is 5.91 Å². The molecule has 30 heavy (non-hydrogen) atoms. The summed E-state index contributed by atoms with van der Waals surface area (Å²) < 4.78 is 6.54. The first kappa shape index (κ1) is 26.4. The van der Waals surface area contributed by atoms with Gasteiger partial charge in [-0.25, -0.2) is 4.79 Å². The van der Waals surface area contributed by atoms with Crippen molar-refractivity contribution >= 4 is 17.9 Å². The minimum atomic E-state index is -1.03. The van der Waals surface area contributed by atoms with Gasteiger partial charge >= 0.3 is 12.0 Å². The summed E-state index contributed by atoms with van der Waals surface area (Å²) in [6, 6.07) is -0.561. The van der Waals surface area contributed by atoms with Crippen molar-refractivity contribution in [2.24, 2.45) is 10.8 Å². The number of carbonyl (C=O) groups excluding carboxylic acids is 2. The predicted molar refractivity (Wildman–Crippen MR) is 117 cm³/mol. The van der Waals surface area contributed by atoms with E-state index < -0.39 is 22.9 Å². The Morgan fingerprint density at radius 2 is 1.57 bits per heavy atom. The van der Waals surface area contributed by atoms with Crippen molar-refractivity contribution in [3.05, 3.63) is 0 Å². The number of urea groups is 1. The molecular weight excluding hydrogens is 384 g/mol. The van der Waals surface area contributed by atoms with E-state index in [1.165, 1.54) is 4.90 Å². The number of ether oxygens (including phenoxy) is 1. The van der Waals surface area contributed by atoms with E-state index in [1.807, 2.05) is 34.6 Å². The molecule has 0 aromatic rings. The van der Waals surface area contributed by atoms with Gasteiger partial charge in [-0.05, 0) is 40.0 Å². The van der Waals surface area contributed by atoms with Crippen LogP contribution >= 0.6 is 0 Å². The van der Waals surface area contributed by atoms with Crippen molar-refractivity contribution in [3.8, 4) is 0 Å². The van der Waals surface area contributed by atoms with Crippen LogP contribution in [0.5, 0.6) is 0 Å². The van der Waals surface area contributed by atoms with Crippen molar-refractivity contribution in [2.75, 3.05) is 13.1 Å². The number of imide groups is 1. The third-order valence-corrected chi connectivity index (χ3v) is 6.63. The summed E-state index contributed by atoms with van der Waals surface area (Å²) in [5, 5.41) is 9.75. The van der Waals surface area contributed by atoms with Gasteiger partial charge in [-0.3, -0.25) is 14.5 Å². The standard InChI is InChI=1S/C23H42N2O5/c1-9-13-17(30-18(14-10-2)23(7,8)20(27)28)22(5,6)16(11-3)25-19(26)15-24(12-4)21(25)29/h16-18H,9-15H2,1-8H3,(H,27,28). The lowest BCUT2D eigenvalue weighted by atomic mass is 9.74. The summed E-state index contributed by atoms with van der Waals surface area (Å²) in [6.07, 6.45) is 2.92. The van der Waals surface area contributed by atoms with Crippen LogP contribution in [0.15, 0.2) is 0 Å². The number of hydrogen-bond acceptors (Lipinski definition) is 4. The van der Waals surface area contributed by atoms with Gasteiger partial charge in [0.05, 0.1) is 17.6 Å². The summed E-state index contributed by atoms with van der Waals surface area (Å²) in [6.45, 7) is 16.0. The second-order valence-electron chi connectivity index (χ2n) is 9.52. The van der Waals surface area contributed by atoms with Gasteiger partial charge in [0, 0.05) is 18.0 Å². The van der Waals surface area contributed by atoms with Crippen LogP contribution in [0.4, 0.5) is 4.79 Å². The van der Waals surface area contributed by atoms with Crippen LogP contribution in [0, 0.1) is 10.8 Å². The molecule has 0 aromatic heterocycles. The van der Waals surface area contributed by atoms with Gasteiger partial charge in [0.1, 0.15) is 6.54 Å². The lowest BCUT2D eigenvalue weighted by Crippen LogP contribution is -2.55. The van der Waals surface area contributed by atoms with Crippen molar-refractivity contribution in [3.63, 3.8) is 0 Å². The lowest BCUT2D eigenvalue weighted by molar-refractivity contribution is -0.171. The van der Waals surface area contributed by atoms with Crippen LogP contribution in [-0.2, 0) is 14.3 Å². The molecule has 3 atom stereocenters. The van der Waals surface area contributed by atoms with E-state index in [-0.39, 0.29) is 30.6 Å². The van der Waals surface area contributed by atoms with Gasteiger partial charge in [0.15, 0.2) is 0 Å². The summed E-state index contributed by atoms with van der Waals surface area (Å²) in [5.74, 6) is -1.06. The van der Waals surface area contributed by atoms with E-state index in [0.717, 1.165) is 19.3 Å². The molecule has 3 unspecified atom stereocenters. The van der Waals surface area contributed by atoms with Gasteiger partial charge in [-0.15, -0.1) is 0 Å². The predicted octanol–water partition coefficient (Wildman–Crippen LogP) is 4.54. The number of aliphatic carboxylic acids is 1. The Balaban J connectivity index is 3.27. The average Bonchev–Trinajstić information content (AvgIpc) is 2.95. The molecule has 7 heteroatoms. The smallest absolute Gasteiger partial charge is 0.327 e. The number of amides is 3. The Kier molecular flexibility index (Phi) is 9.33. The van der Waals surface area contributed by atoms with Crippen LogP contribution in [0.1, 0.15) is 87.5 Å². The molecule has 0 aromatic carbocycles. The zero-order valence-electron chi connectivity index (χ0n) is 20.2. The highest BCUT2D eigenvalue weighted by Gasteiger charge is 2.49. The summed E-state index contributed by atoms with van der Waals surface area (Å²) >= 11 is 0. The number of nitrogens with zero attached hydrogens (tertiary/aromatic N) is 2. The maximum atomic E-state index is 12.9. The SMILES string of the molecule is CCCC(OC(CCC)C(C)(C)C(CC)N1C(=O)CN(CC)C1=O)C(C)(C)C(=O)O. The highest BCUT2D eigenvalue weighted by Crippen LogP contribution is 2.40. The Morgan fingerprint density at radius 1 is 1.03 bits per heavy atom. The van der Waals surface area contributed by atoms with E-state index in [9.17, 15) is 19.5 Å². The molecule has 0 aliphatic carbocycles. The highest BCUT2D eigenvalue weighted by atomic mass is 16.5. The van der Waals surface area contributed by atoms with E-state index in [2.05, 4.69) is 6.92 Å². The Labute approximate surface area is 182 Å². The molecule has 1 fully saturated rings. The molecule has 0 bridgehead atoms. The largest absolute Gasteiger partial charge is 0.481 e. The van der Waals surface area contributed by atoms with E-state index in [4.69, 9.17) is 4.74 Å². The fourth-order valence-corrected chi connectivity index (χ4v) is 4.45. The van der Waals surface area contributed by atoms with E-state index in [0.29, 0.717) is 19.4 Å². The molecule has 0 spiro atoms. The number of carboxylic acids is 1. The van der Waals surface area contributed by atoms with Crippen molar-refractivity contribution < 1.29 is 24.2 Å². The number of rotatable bonds is 13. The van der Waals surface area contributed by atoms with Crippen LogP contribution in [0.25, 0.3) is 0 Å². The minimum Gasteiger partial charge on any atom is -0.481 e. The first-order valence-corrected chi connectivity index (χ1v) is 11.4. The van der Waals surface area contributed by atoms with Gasteiger partial charge < -0.3 is 14.7 Å². The number of likely N-dealkylation sites (N-methyl/N-ethyl adjacent to an activating group) is 1. The molecule has 1 aliphatic heterocycles. The first-order valence-electron chi connectivity index (χ1n) is 11.4. The first-order chi connectivity index (χ1) is 13.9. The van der Waals surface area contributed by atoms with Crippen molar-refractivity contribution in [2.45, 2.75) is 106 Å². The maximum Gasteiger partial charge on any atom is 0.327 e. The third kappa shape index (κ3) is 5.34. The summed E-state index contributed by atoms with van der Waals surface area (Å²) in [7, 11) is 0. The maximum absolute atomic E-state index is 12.9. The van der Waals surface area contributed by atoms with Crippen LogP contribution in [-0.4, -0.2) is 64.2 Å². The molecular formula is C23H42N2O5. The van der Waals surface area contributed by atoms with E-state index in [1.54, 1.807) is 18.7 Å². The topological polar surface area (TPSA) is 87.2 Å². The molecule has 0 saturated carbocycles. The monoisotopic (exact) mass is 426 g/mol. The van der Waals surface area contributed by atoms with Gasteiger partial charge in [-0.1, -0.05) is 47.5 Å². The van der Waals surface area contributed by atoms with Gasteiger partial charge in [0.2, 0.25) is 0 Å².